The quantitative estimate of drug-likeness (QED) is 0.791. The maximum atomic E-state index is 12.5. The van der Waals surface area contributed by atoms with E-state index in [-0.39, 0.29) is 17.8 Å². The molecule has 0 aromatic heterocycles. The number of likely N-dealkylation sites (tertiary alicyclic amines) is 1. The third-order valence-electron chi connectivity index (χ3n) is 5.04. The van der Waals surface area contributed by atoms with Crippen LogP contribution in [0.15, 0.2) is 24.3 Å². The topological polar surface area (TPSA) is 49.9 Å². The Balaban J connectivity index is 1.48. The number of carbonyl (C=O) groups is 2. The number of nitrogens with zero attached hydrogens (tertiary/aromatic N) is 2. The molecule has 2 aliphatic heterocycles. The van der Waals surface area contributed by atoms with Crippen molar-refractivity contribution in [2.45, 2.75) is 32.7 Å². The summed E-state index contributed by atoms with van der Waals surface area (Å²) in [4.78, 5) is 28.4. The number of esters is 1. The van der Waals surface area contributed by atoms with Crippen LogP contribution in [0.3, 0.4) is 0 Å². The van der Waals surface area contributed by atoms with Gasteiger partial charge in [-0.3, -0.25) is 14.5 Å². The number of piperidine rings is 1. The number of amides is 1. The van der Waals surface area contributed by atoms with Crippen molar-refractivity contribution in [1.29, 1.82) is 0 Å². The fourth-order valence-electron chi connectivity index (χ4n) is 3.61. The SMILES string of the molecule is CCOC(=O)C1CCN(C(=O)CN2CCc3ccccc3C2)CC1. The van der Waals surface area contributed by atoms with Crippen LogP contribution >= 0.6 is 0 Å². The maximum Gasteiger partial charge on any atom is 0.309 e. The number of hydrogen-bond donors (Lipinski definition) is 0. The van der Waals surface area contributed by atoms with Gasteiger partial charge in [0.1, 0.15) is 0 Å². The molecule has 0 atom stereocenters. The zero-order valence-corrected chi connectivity index (χ0v) is 14.4. The minimum atomic E-state index is -0.114. The number of fused-ring (bicyclic) bond motifs is 1. The van der Waals surface area contributed by atoms with Gasteiger partial charge in [-0.25, -0.2) is 0 Å². The molecule has 1 amide bonds. The molecule has 1 aromatic carbocycles. The van der Waals surface area contributed by atoms with Crippen LogP contribution in [0.25, 0.3) is 0 Å². The molecule has 0 bridgehead atoms. The zero-order chi connectivity index (χ0) is 16.9. The van der Waals surface area contributed by atoms with Crippen LogP contribution in [0.4, 0.5) is 0 Å². The minimum absolute atomic E-state index is 0.0455. The van der Waals surface area contributed by atoms with Crippen molar-refractivity contribution in [3.63, 3.8) is 0 Å². The number of benzene rings is 1. The van der Waals surface area contributed by atoms with Crippen molar-refractivity contribution in [2.24, 2.45) is 5.92 Å². The van der Waals surface area contributed by atoms with Gasteiger partial charge in [0.05, 0.1) is 19.1 Å². The lowest BCUT2D eigenvalue weighted by Crippen LogP contribution is -2.46. The second kappa shape index (κ2) is 7.79. The zero-order valence-electron chi connectivity index (χ0n) is 14.4. The molecule has 0 aliphatic carbocycles. The summed E-state index contributed by atoms with van der Waals surface area (Å²) in [6, 6.07) is 8.46. The average molecular weight is 330 g/mol. The smallest absolute Gasteiger partial charge is 0.309 e. The summed E-state index contributed by atoms with van der Waals surface area (Å²) in [5, 5.41) is 0. The first-order valence-corrected chi connectivity index (χ1v) is 8.91. The molecular weight excluding hydrogens is 304 g/mol. The number of ether oxygens (including phenoxy) is 1. The fourth-order valence-corrected chi connectivity index (χ4v) is 3.61. The fraction of sp³-hybridized carbons (Fsp3) is 0.579. The molecule has 2 aliphatic rings. The predicted octanol–water partition coefficient (Wildman–Crippen LogP) is 1.85. The summed E-state index contributed by atoms with van der Waals surface area (Å²) in [7, 11) is 0. The van der Waals surface area contributed by atoms with Gasteiger partial charge >= 0.3 is 5.97 Å². The molecule has 5 heteroatoms. The lowest BCUT2D eigenvalue weighted by atomic mass is 9.97. The molecule has 0 N–H and O–H groups in total. The third-order valence-corrected chi connectivity index (χ3v) is 5.04. The van der Waals surface area contributed by atoms with E-state index >= 15 is 0 Å². The van der Waals surface area contributed by atoms with Gasteiger partial charge < -0.3 is 9.64 Å². The highest BCUT2D eigenvalue weighted by atomic mass is 16.5. The van der Waals surface area contributed by atoms with Gasteiger partial charge in [0, 0.05) is 26.2 Å². The molecule has 0 radical (unpaired) electrons. The summed E-state index contributed by atoms with van der Waals surface area (Å²) in [6.45, 7) is 5.82. The van der Waals surface area contributed by atoms with Crippen LogP contribution in [0.1, 0.15) is 30.9 Å². The molecule has 1 fully saturated rings. The Kier molecular flexibility index (Phi) is 5.51. The van der Waals surface area contributed by atoms with Gasteiger partial charge in [-0.05, 0) is 37.3 Å². The molecule has 0 saturated carbocycles. The van der Waals surface area contributed by atoms with Crippen molar-refractivity contribution < 1.29 is 14.3 Å². The van der Waals surface area contributed by atoms with E-state index in [1.165, 1.54) is 11.1 Å². The van der Waals surface area contributed by atoms with Gasteiger partial charge in [-0.15, -0.1) is 0 Å². The molecule has 0 spiro atoms. The molecule has 130 valence electrons. The summed E-state index contributed by atoms with van der Waals surface area (Å²) >= 11 is 0. The highest BCUT2D eigenvalue weighted by Crippen LogP contribution is 2.21. The second-order valence-electron chi connectivity index (χ2n) is 6.64. The summed E-state index contributed by atoms with van der Waals surface area (Å²) in [5.74, 6) is 0.0183. The molecular formula is C19H26N2O3. The van der Waals surface area contributed by atoms with E-state index in [1.807, 2.05) is 11.8 Å². The Morgan fingerprint density at radius 2 is 1.83 bits per heavy atom. The van der Waals surface area contributed by atoms with E-state index in [1.54, 1.807) is 0 Å². The monoisotopic (exact) mass is 330 g/mol. The maximum absolute atomic E-state index is 12.5. The standard InChI is InChI=1S/C19H26N2O3/c1-2-24-19(23)16-8-11-21(12-9-16)18(22)14-20-10-7-15-5-3-4-6-17(15)13-20/h3-6,16H,2,7-14H2,1H3. The van der Waals surface area contributed by atoms with Crippen LogP contribution in [-0.2, 0) is 27.3 Å². The van der Waals surface area contributed by atoms with Gasteiger partial charge in [0.15, 0.2) is 0 Å². The molecule has 1 saturated heterocycles. The van der Waals surface area contributed by atoms with Crippen molar-refractivity contribution in [1.82, 2.24) is 9.80 Å². The number of rotatable bonds is 4. The molecule has 5 nitrogen and oxygen atoms in total. The van der Waals surface area contributed by atoms with Gasteiger partial charge in [-0.2, -0.15) is 0 Å². The van der Waals surface area contributed by atoms with Gasteiger partial charge in [0.2, 0.25) is 5.91 Å². The Morgan fingerprint density at radius 1 is 1.12 bits per heavy atom. The van der Waals surface area contributed by atoms with Crippen LogP contribution in [0, 0.1) is 5.92 Å². The number of carbonyl (C=O) groups excluding carboxylic acids is 2. The van der Waals surface area contributed by atoms with E-state index < -0.39 is 0 Å². The van der Waals surface area contributed by atoms with E-state index in [4.69, 9.17) is 4.74 Å². The molecule has 2 heterocycles. The predicted molar refractivity (Wildman–Crippen MR) is 91.4 cm³/mol. The Labute approximate surface area is 143 Å². The van der Waals surface area contributed by atoms with Gasteiger partial charge in [-0.1, -0.05) is 24.3 Å². The summed E-state index contributed by atoms with van der Waals surface area (Å²) in [6.07, 6.45) is 2.44. The Bertz CT molecular complexity index is 594. The molecule has 1 aromatic rings. The summed E-state index contributed by atoms with van der Waals surface area (Å²) in [5.41, 5.74) is 2.73. The van der Waals surface area contributed by atoms with Crippen LogP contribution in [0.5, 0.6) is 0 Å². The molecule has 24 heavy (non-hydrogen) atoms. The summed E-state index contributed by atoms with van der Waals surface area (Å²) < 4.78 is 5.08. The third kappa shape index (κ3) is 3.96. The average Bonchev–Trinajstić information content (AvgIpc) is 2.62. The number of hydrogen-bond acceptors (Lipinski definition) is 4. The Hall–Kier alpha value is -1.88. The lowest BCUT2D eigenvalue weighted by molar-refractivity contribution is -0.151. The van der Waals surface area contributed by atoms with Crippen LogP contribution < -0.4 is 0 Å². The second-order valence-corrected chi connectivity index (χ2v) is 6.64. The van der Waals surface area contributed by atoms with Crippen molar-refractivity contribution in [3.05, 3.63) is 35.4 Å². The molecule has 0 unspecified atom stereocenters. The van der Waals surface area contributed by atoms with Crippen molar-refractivity contribution >= 4 is 11.9 Å². The van der Waals surface area contributed by atoms with E-state index in [0.717, 1.165) is 19.5 Å². The lowest BCUT2D eigenvalue weighted by Gasteiger charge is -2.34. The highest BCUT2D eigenvalue weighted by molar-refractivity contribution is 5.79. The van der Waals surface area contributed by atoms with E-state index in [0.29, 0.717) is 39.1 Å². The van der Waals surface area contributed by atoms with Crippen LogP contribution in [0.2, 0.25) is 0 Å². The van der Waals surface area contributed by atoms with E-state index in [9.17, 15) is 9.59 Å². The van der Waals surface area contributed by atoms with Crippen molar-refractivity contribution in [3.8, 4) is 0 Å². The van der Waals surface area contributed by atoms with Crippen molar-refractivity contribution in [2.75, 3.05) is 32.8 Å². The first kappa shape index (κ1) is 17.0. The largest absolute Gasteiger partial charge is 0.466 e. The Morgan fingerprint density at radius 3 is 2.54 bits per heavy atom. The first-order chi connectivity index (χ1) is 11.7. The minimum Gasteiger partial charge on any atom is -0.466 e. The first-order valence-electron chi connectivity index (χ1n) is 8.91. The van der Waals surface area contributed by atoms with Gasteiger partial charge in [0.25, 0.3) is 0 Å². The highest BCUT2D eigenvalue weighted by Gasteiger charge is 2.29. The van der Waals surface area contributed by atoms with Crippen LogP contribution in [-0.4, -0.2) is 54.5 Å². The normalized spacial score (nSPS) is 19.0. The molecule has 3 rings (SSSR count). The van der Waals surface area contributed by atoms with E-state index in [2.05, 4.69) is 29.2 Å².